The number of aliphatic hydroxyl groups is 2. The Bertz CT molecular complexity index is 2740. The summed E-state index contributed by atoms with van der Waals surface area (Å²) in [6, 6.07) is 33.9. The van der Waals surface area contributed by atoms with Crippen molar-refractivity contribution in [1.29, 1.82) is 0 Å². The van der Waals surface area contributed by atoms with E-state index in [9.17, 15) is 19.8 Å². The standard InChI is InChI=1S/C32H41NO4.C31H39NO4/c1-8-32(9-2,27-14-15-28(22(3)16-27)37-21-29(34)31(4,5)6)26-12-10-24(11-13-26)25-17-23(19-33-20-25)18-30(35)36-7;1-7-31(8-2,26-13-14-27(21(3)15-26)36-20-28(33)30(4,5)6)25-11-9-23(10-12-25)24-16-22(17-29(34)35)18-32-19-24/h10-17,19-20,29,34H,8-9,18,21H2,1-7H3;9-16,18-19,28,33H,7-8,17,20H2,1-6H3,(H,34,35). The molecule has 10 heteroatoms. The Kier molecular flexibility index (Phi) is 19.7. The molecule has 6 aromatic rings. The van der Waals surface area contributed by atoms with E-state index in [1.807, 2.05) is 72.0 Å². The van der Waals surface area contributed by atoms with E-state index in [1.54, 1.807) is 18.6 Å². The van der Waals surface area contributed by atoms with Gasteiger partial charge in [-0.2, -0.15) is 0 Å². The molecule has 6 rings (SSSR count). The Morgan fingerprint density at radius 3 is 1.18 bits per heavy atom. The van der Waals surface area contributed by atoms with Gasteiger partial charge in [0.1, 0.15) is 24.7 Å². The number of rotatable bonds is 20. The number of carboxylic acid groups (broad SMARTS) is 1. The third-order valence-electron chi connectivity index (χ3n) is 14.7. The van der Waals surface area contributed by atoms with E-state index in [1.165, 1.54) is 29.4 Å². The topological polar surface area (TPSA) is 148 Å². The fraction of sp³-hybridized carbons (Fsp3) is 0.429. The molecule has 0 saturated carbocycles. The van der Waals surface area contributed by atoms with Gasteiger partial charge >= 0.3 is 11.9 Å². The fourth-order valence-electron chi connectivity index (χ4n) is 9.38. The van der Waals surface area contributed by atoms with Crippen LogP contribution < -0.4 is 9.47 Å². The lowest BCUT2D eigenvalue weighted by atomic mass is 9.70. The molecule has 3 N–H and O–H groups in total. The lowest BCUT2D eigenvalue weighted by molar-refractivity contribution is -0.140. The van der Waals surface area contributed by atoms with E-state index in [2.05, 4.69) is 124 Å². The number of pyridine rings is 2. The molecule has 0 radical (unpaired) electrons. The molecule has 4 aromatic carbocycles. The first kappa shape index (κ1) is 57.5. The highest BCUT2D eigenvalue weighted by molar-refractivity contribution is 5.74. The molecule has 390 valence electrons. The normalized spacial score (nSPS) is 12.8. The van der Waals surface area contributed by atoms with Crippen LogP contribution in [0.1, 0.15) is 139 Å². The lowest BCUT2D eigenvalue weighted by Crippen LogP contribution is -2.32. The maximum atomic E-state index is 11.7. The summed E-state index contributed by atoms with van der Waals surface area (Å²) in [7, 11) is 1.39. The van der Waals surface area contributed by atoms with Crippen LogP contribution in [-0.2, 0) is 38.0 Å². The molecule has 0 amide bonds. The Labute approximate surface area is 435 Å². The van der Waals surface area contributed by atoms with Crippen LogP contribution in [0.4, 0.5) is 0 Å². The van der Waals surface area contributed by atoms with Gasteiger partial charge in [-0.1, -0.05) is 142 Å². The fourth-order valence-corrected chi connectivity index (χ4v) is 9.38. The number of carbonyl (C=O) groups is 2. The molecule has 0 saturated heterocycles. The number of hydrogen-bond donors (Lipinski definition) is 3. The molecule has 2 heterocycles. The first-order valence-electron chi connectivity index (χ1n) is 25.8. The summed E-state index contributed by atoms with van der Waals surface area (Å²) in [5, 5.41) is 29.8. The molecule has 0 aliphatic carbocycles. The minimum absolute atomic E-state index is 0.0398. The number of esters is 1. The first-order chi connectivity index (χ1) is 34.5. The van der Waals surface area contributed by atoms with Gasteiger partial charge in [0, 0.05) is 46.7 Å². The highest BCUT2D eigenvalue weighted by Crippen LogP contribution is 2.43. The average Bonchev–Trinajstić information content (AvgIpc) is 3.36. The molecule has 2 atom stereocenters. The predicted octanol–water partition coefficient (Wildman–Crippen LogP) is 13.2. The number of aryl methyl sites for hydroxylation is 2. The van der Waals surface area contributed by atoms with Crippen molar-refractivity contribution < 1.29 is 39.1 Å². The number of carboxylic acids is 1. The quantitative estimate of drug-likeness (QED) is 0.0631. The van der Waals surface area contributed by atoms with Gasteiger partial charge < -0.3 is 29.5 Å². The number of ether oxygens (including phenoxy) is 3. The summed E-state index contributed by atoms with van der Waals surface area (Å²) >= 11 is 0. The van der Waals surface area contributed by atoms with Crippen LogP contribution in [0.2, 0.25) is 0 Å². The number of nitrogens with zero attached hydrogens (tertiary/aromatic N) is 2. The Morgan fingerprint density at radius 2 is 0.863 bits per heavy atom. The summed E-state index contributed by atoms with van der Waals surface area (Å²) < 4.78 is 16.7. The first-order valence-corrected chi connectivity index (χ1v) is 25.8. The van der Waals surface area contributed by atoms with Gasteiger partial charge in [0.25, 0.3) is 0 Å². The molecule has 0 spiro atoms. The molecule has 10 nitrogen and oxygen atoms in total. The Balaban J connectivity index is 0.000000271. The molecule has 0 bridgehead atoms. The molecule has 0 fully saturated rings. The van der Waals surface area contributed by atoms with Crippen molar-refractivity contribution in [3.8, 4) is 33.8 Å². The minimum atomic E-state index is -0.864. The lowest BCUT2D eigenvalue weighted by Gasteiger charge is -2.34. The van der Waals surface area contributed by atoms with Gasteiger partial charge in [-0.05, 0) is 130 Å². The van der Waals surface area contributed by atoms with E-state index in [0.29, 0.717) is 5.56 Å². The zero-order valence-corrected chi connectivity index (χ0v) is 45.6. The zero-order valence-electron chi connectivity index (χ0n) is 45.6. The predicted molar refractivity (Wildman–Crippen MR) is 293 cm³/mol. The second-order valence-electron chi connectivity index (χ2n) is 21.6. The summed E-state index contributed by atoms with van der Waals surface area (Å²) in [5.41, 5.74) is 11.9. The smallest absolute Gasteiger partial charge is 0.310 e. The van der Waals surface area contributed by atoms with Crippen LogP contribution in [0.15, 0.2) is 122 Å². The second kappa shape index (κ2) is 25.0. The Hall–Kier alpha value is -6.36. The van der Waals surface area contributed by atoms with Crippen molar-refractivity contribution in [3.05, 3.63) is 166 Å². The highest BCUT2D eigenvalue weighted by atomic mass is 16.5. The number of hydrogen-bond acceptors (Lipinski definition) is 9. The summed E-state index contributed by atoms with van der Waals surface area (Å²) in [6.45, 7) is 25.6. The second-order valence-corrected chi connectivity index (χ2v) is 21.6. The van der Waals surface area contributed by atoms with Crippen LogP contribution >= 0.6 is 0 Å². The number of aliphatic hydroxyl groups excluding tert-OH is 2. The van der Waals surface area contributed by atoms with E-state index in [0.717, 1.165) is 76.1 Å². The van der Waals surface area contributed by atoms with Crippen molar-refractivity contribution >= 4 is 11.9 Å². The molecule has 2 aromatic heterocycles. The van der Waals surface area contributed by atoms with Crippen molar-refractivity contribution in [2.45, 2.75) is 145 Å². The number of methoxy groups -OCH3 is 1. The van der Waals surface area contributed by atoms with Gasteiger partial charge in [-0.25, -0.2) is 0 Å². The highest BCUT2D eigenvalue weighted by Gasteiger charge is 2.33. The maximum absolute atomic E-state index is 11.7. The molecular weight excluding hydrogens is 913 g/mol. The number of benzene rings is 4. The monoisotopic (exact) mass is 993 g/mol. The van der Waals surface area contributed by atoms with Gasteiger partial charge in [0.05, 0.1) is 32.2 Å². The van der Waals surface area contributed by atoms with Crippen LogP contribution in [0.25, 0.3) is 22.3 Å². The van der Waals surface area contributed by atoms with Gasteiger partial charge in [0.2, 0.25) is 0 Å². The third-order valence-corrected chi connectivity index (χ3v) is 14.7. The van der Waals surface area contributed by atoms with Crippen molar-refractivity contribution in [2.24, 2.45) is 10.8 Å². The van der Waals surface area contributed by atoms with E-state index < -0.39 is 18.2 Å². The van der Waals surface area contributed by atoms with Crippen molar-refractivity contribution in [2.75, 3.05) is 20.3 Å². The van der Waals surface area contributed by atoms with Crippen LogP contribution in [-0.4, -0.2) is 69.8 Å². The summed E-state index contributed by atoms with van der Waals surface area (Å²) in [4.78, 5) is 31.3. The molecule has 0 aliphatic rings. The maximum Gasteiger partial charge on any atom is 0.310 e. The molecule has 73 heavy (non-hydrogen) atoms. The van der Waals surface area contributed by atoms with E-state index >= 15 is 0 Å². The number of aromatic nitrogens is 2. The van der Waals surface area contributed by atoms with E-state index in [-0.39, 0.29) is 53.7 Å². The molecule has 0 aliphatic heterocycles. The third kappa shape index (κ3) is 14.4. The molecular formula is C63H80N2O8. The number of carbonyl (C=O) groups excluding carboxylic acids is 1. The summed E-state index contributed by atoms with van der Waals surface area (Å²) in [5.74, 6) is 0.467. The summed E-state index contributed by atoms with van der Waals surface area (Å²) in [6.07, 6.45) is 9.79. The van der Waals surface area contributed by atoms with Crippen LogP contribution in [0.5, 0.6) is 11.5 Å². The van der Waals surface area contributed by atoms with Crippen LogP contribution in [0.3, 0.4) is 0 Å². The van der Waals surface area contributed by atoms with E-state index in [4.69, 9.17) is 19.3 Å². The van der Waals surface area contributed by atoms with Gasteiger partial charge in [0.15, 0.2) is 0 Å². The average molecular weight is 993 g/mol. The van der Waals surface area contributed by atoms with Crippen molar-refractivity contribution in [1.82, 2.24) is 9.97 Å². The van der Waals surface area contributed by atoms with Crippen LogP contribution in [0, 0.1) is 24.7 Å². The zero-order chi connectivity index (χ0) is 53.7. The van der Waals surface area contributed by atoms with Gasteiger partial charge in [-0.3, -0.25) is 19.6 Å². The number of aliphatic carboxylic acids is 1. The Morgan fingerprint density at radius 1 is 0.507 bits per heavy atom. The minimum Gasteiger partial charge on any atom is -0.491 e. The van der Waals surface area contributed by atoms with Crippen molar-refractivity contribution in [3.63, 3.8) is 0 Å². The van der Waals surface area contributed by atoms with Gasteiger partial charge in [-0.15, -0.1) is 0 Å². The largest absolute Gasteiger partial charge is 0.491 e. The molecule has 2 unspecified atom stereocenters. The SMILES string of the molecule is CCC(CC)(c1ccc(-c2cncc(CC(=O)O)c2)cc1)c1ccc(OCC(O)C(C)(C)C)c(C)c1.CCC(CC)(c1ccc(-c2cncc(CC(=O)OC)c2)cc1)c1ccc(OCC(O)C(C)(C)C)c(C)c1.